The Balaban J connectivity index is 0.00000146. The molecule has 0 saturated carbocycles. The van der Waals surface area contributed by atoms with Crippen molar-refractivity contribution in [1.29, 1.82) is 0 Å². The van der Waals surface area contributed by atoms with Gasteiger partial charge in [-0.05, 0) is 43.6 Å². The number of ether oxygens (including phenoxy) is 1. The Morgan fingerprint density at radius 1 is 1.27 bits per heavy atom. The first-order valence-electron chi connectivity index (χ1n) is 10.1. The molecule has 0 fully saturated rings. The lowest BCUT2D eigenvalue weighted by atomic mass is 9.73. The molecule has 1 unspecified atom stereocenters. The number of esters is 1. The zero-order valence-electron chi connectivity index (χ0n) is 18.5. The fourth-order valence-corrected chi connectivity index (χ4v) is 3.41. The molecule has 2 rings (SSSR count). The number of carbonyl (C=O) groups excluding carboxylic acids is 1. The number of pyridine rings is 1. The van der Waals surface area contributed by atoms with Gasteiger partial charge in [0.1, 0.15) is 0 Å². The maximum absolute atomic E-state index is 12.4. The van der Waals surface area contributed by atoms with E-state index < -0.39 is 6.10 Å². The van der Waals surface area contributed by atoms with Crippen molar-refractivity contribution in [3.8, 4) is 0 Å². The lowest BCUT2D eigenvalue weighted by Crippen LogP contribution is -2.29. The van der Waals surface area contributed by atoms with Crippen LogP contribution in [0, 0.1) is 12.3 Å². The van der Waals surface area contributed by atoms with Crippen molar-refractivity contribution in [1.82, 2.24) is 4.98 Å². The molecular weight excluding hydrogens is 326 g/mol. The summed E-state index contributed by atoms with van der Waals surface area (Å²) in [6, 6.07) is 0. The normalized spacial score (nSPS) is 17.3. The third kappa shape index (κ3) is 5.54. The van der Waals surface area contributed by atoms with Gasteiger partial charge >= 0.3 is 5.97 Å². The van der Waals surface area contributed by atoms with Gasteiger partial charge in [0.15, 0.2) is 0 Å². The summed E-state index contributed by atoms with van der Waals surface area (Å²) in [6.07, 6.45) is 0.940. The van der Waals surface area contributed by atoms with E-state index in [4.69, 9.17) is 9.72 Å². The minimum Gasteiger partial charge on any atom is -0.462 e. The van der Waals surface area contributed by atoms with Gasteiger partial charge < -0.3 is 9.84 Å². The quantitative estimate of drug-likeness (QED) is 0.693. The van der Waals surface area contributed by atoms with Gasteiger partial charge in [-0.15, -0.1) is 0 Å². The Labute approximate surface area is 160 Å². The maximum atomic E-state index is 12.4. The van der Waals surface area contributed by atoms with Crippen LogP contribution in [0.2, 0.25) is 0 Å². The molecule has 0 spiro atoms. The van der Waals surface area contributed by atoms with Gasteiger partial charge in [0, 0.05) is 11.3 Å². The van der Waals surface area contributed by atoms with Crippen LogP contribution >= 0.6 is 0 Å². The second kappa shape index (κ2) is 10.7. The van der Waals surface area contributed by atoms with Crippen LogP contribution in [0.1, 0.15) is 114 Å². The molecule has 0 aromatic carbocycles. The predicted molar refractivity (Wildman–Crippen MR) is 109 cm³/mol. The minimum absolute atomic E-state index is 0.0194. The SMILES string of the molecule is CC.CC.CCOC(=O)c1c(C(C)C)nc2c(c1C)C(O)CC(C)(C)C2. The van der Waals surface area contributed by atoms with E-state index in [1.807, 2.05) is 48.5 Å². The summed E-state index contributed by atoms with van der Waals surface area (Å²) in [4.78, 5) is 17.1. The molecule has 1 heterocycles. The Hall–Kier alpha value is -1.42. The molecule has 1 atom stereocenters. The minimum atomic E-state index is -0.569. The highest BCUT2D eigenvalue weighted by Gasteiger charge is 2.36. The van der Waals surface area contributed by atoms with Gasteiger partial charge in [-0.1, -0.05) is 55.4 Å². The Bertz CT molecular complexity index is 592. The number of aliphatic hydroxyl groups is 1. The summed E-state index contributed by atoms with van der Waals surface area (Å²) in [5.74, 6) is -0.207. The molecular formula is C22H39NO3. The molecule has 1 N–H and O–H groups in total. The average molecular weight is 366 g/mol. The molecule has 1 aliphatic rings. The van der Waals surface area contributed by atoms with Crippen LogP contribution in [0.5, 0.6) is 0 Å². The van der Waals surface area contributed by atoms with E-state index in [-0.39, 0.29) is 17.3 Å². The van der Waals surface area contributed by atoms with E-state index in [2.05, 4.69) is 13.8 Å². The summed E-state index contributed by atoms with van der Waals surface area (Å²) in [5.41, 5.74) is 3.92. The van der Waals surface area contributed by atoms with Gasteiger partial charge in [0.25, 0.3) is 0 Å². The van der Waals surface area contributed by atoms with Gasteiger partial charge in [0.05, 0.1) is 24.0 Å². The van der Waals surface area contributed by atoms with E-state index in [0.717, 1.165) is 28.9 Å². The van der Waals surface area contributed by atoms with Crippen LogP contribution in [-0.4, -0.2) is 22.7 Å². The van der Waals surface area contributed by atoms with E-state index >= 15 is 0 Å². The van der Waals surface area contributed by atoms with Crippen LogP contribution in [-0.2, 0) is 11.2 Å². The summed E-state index contributed by atoms with van der Waals surface area (Å²) in [7, 11) is 0. The number of nitrogens with zero attached hydrogens (tertiary/aromatic N) is 1. The van der Waals surface area contributed by atoms with E-state index in [9.17, 15) is 9.90 Å². The lowest BCUT2D eigenvalue weighted by Gasteiger charge is -2.36. The zero-order valence-corrected chi connectivity index (χ0v) is 18.5. The average Bonchev–Trinajstić information content (AvgIpc) is 2.56. The number of fused-ring (bicyclic) bond motifs is 1. The van der Waals surface area contributed by atoms with E-state index in [0.29, 0.717) is 18.6 Å². The summed E-state index contributed by atoms with van der Waals surface area (Å²) >= 11 is 0. The number of carbonyl (C=O) groups is 1. The predicted octanol–water partition coefficient (Wildman–Crippen LogP) is 5.75. The van der Waals surface area contributed by atoms with Crippen molar-refractivity contribution >= 4 is 5.97 Å². The highest BCUT2D eigenvalue weighted by atomic mass is 16.5. The highest BCUT2D eigenvalue weighted by Crippen LogP contribution is 2.43. The summed E-state index contributed by atoms with van der Waals surface area (Å²) < 4.78 is 5.21. The monoisotopic (exact) mass is 365 g/mol. The first kappa shape index (κ1) is 24.6. The standard InChI is InChI=1S/C18H27NO3.2C2H6/c1-7-22-17(21)15-11(4)14-12(19-16(15)10(2)3)8-18(5,6)9-13(14)20;2*1-2/h10,13,20H,7-9H2,1-6H3;2*1-2H3. The van der Waals surface area contributed by atoms with Crippen LogP contribution in [0.15, 0.2) is 0 Å². The fraction of sp³-hybridized carbons (Fsp3) is 0.727. The molecule has 0 bridgehead atoms. The highest BCUT2D eigenvalue weighted by molar-refractivity contribution is 5.93. The number of rotatable bonds is 3. The molecule has 0 saturated heterocycles. The first-order chi connectivity index (χ1) is 12.2. The lowest BCUT2D eigenvalue weighted by molar-refractivity contribution is 0.0521. The molecule has 0 aliphatic heterocycles. The van der Waals surface area contributed by atoms with Gasteiger partial charge in [0.2, 0.25) is 0 Å². The molecule has 26 heavy (non-hydrogen) atoms. The first-order valence-corrected chi connectivity index (χ1v) is 10.1. The summed E-state index contributed by atoms with van der Waals surface area (Å²) in [5, 5.41) is 10.6. The molecule has 150 valence electrons. The van der Waals surface area contributed by atoms with Crippen molar-refractivity contribution in [3.63, 3.8) is 0 Å². The Kier molecular flexibility index (Phi) is 10.1. The number of aliphatic hydroxyl groups excluding tert-OH is 1. The molecule has 0 radical (unpaired) electrons. The third-order valence-corrected chi connectivity index (χ3v) is 4.35. The molecule has 1 aromatic heterocycles. The van der Waals surface area contributed by atoms with Gasteiger partial charge in [-0.2, -0.15) is 0 Å². The second-order valence-electron chi connectivity index (χ2n) is 7.29. The van der Waals surface area contributed by atoms with Gasteiger partial charge in [-0.25, -0.2) is 4.79 Å². The third-order valence-electron chi connectivity index (χ3n) is 4.35. The topological polar surface area (TPSA) is 59.4 Å². The fourth-order valence-electron chi connectivity index (χ4n) is 3.41. The molecule has 4 heteroatoms. The van der Waals surface area contributed by atoms with Crippen molar-refractivity contribution in [3.05, 3.63) is 28.1 Å². The Morgan fingerprint density at radius 3 is 2.27 bits per heavy atom. The van der Waals surface area contributed by atoms with Crippen molar-refractivity contribution < 1.29 is 14.6 Å². The largest absolute Gasteiger partial charge is 0.462 e. The molecule has 4 nitrogen and oxygen atoms in total. The number of hydrogen-bond acceptors (Lipinski definition) is 4. The second-order valence-corrected chi connectivity index (χ2v) is 7.29. The molecule has 1 aliphatic carbocycles. The van der Waals surface area contributed by atoms with Crippen molar-refractivity contribution in [2.24, 2.45) is 5.41 Å². The van der Waals surface area contributed by atoms with E-state index in [1.165, 1.54) is 0 Å². The van der Waals surface area contributed by atoms with Crippen LogP contribution in [0.3, 0.4) is 0 Å². The maximum Gasteiger partial charge on any atom is 0.340 e. The Morgan fingerprint density at radius 2 is 1.81 bits per heavy atom. The summed E-state index contributed by atoms with van der Waals surface area (Å²) in [6.45, 7) is 20.4. The smallest absolute Gasteiger partial charge is 0.340 e. The zero-order chi connectivity index (χ0) is 20.7. The number of hydrogen-bond donors (Lipinski definition) is 1. The molecule has 0 amide bonds. The van der Waals surface area contributed by atoms with Gasteiger partial charge in [-0.3, -0.25) is 4.98 Å². The number of aromatic nitrogens is 1. The van der Waals surface area contributed by atoms with Crippen LogP contribution < -0.4 is 0 Å². The van der Waals surface area contributed by atoms with Crippen LogP contribution in [0.25, 0.3) is 0 Å². The van der Waals surface area contributed by atoms with Crippen molar-refractivity contribution in [2.75, 3.05) is 6.61 Å². The van der Waals surface area contributed by atoms with Crippen LogP contribution in [0.4, 0.5) is 0 Å². The van der Waals surface area contributed by atoms with E-state index in [1.54, 1.807) is 6.92 Å². The molecule has 1 aromatic rings. The van der Waals surface area contributed by atoms with Crippen molar-refractivity contribution in [2.45, 2.75) is 94.1 Å².